The van der Waals surface area contributed by atoms with Gasteiger partial charge in [0.05, 0.1) is 12.6 Å². The van der Waals surface area contributed by atoms with Crippen molar-refractivity contribution in [3.63, 3.8) is 0 Å². The Balaban J connectivity index is 1.42. The molecule has 0 aliphatic carbocycles. The molecule has 0 radical (unpaired) electrons. The lowest BCUT2D eigenvalue weighted by Crippen LogP contribution is -2.28. The molecular formula is C27H28FN5O3. The number of fused-ring (bicyclic) bond motifs is 1. The van der Waals surface area contributed by atoms with Gasteiger partial charge in [0.15, 0.2) is 17.3 Å². The molecule has 0 unspecified atom stereocenters. The van der Waals surface area contributed by atoms with Gasteiger partial charge >= 0.3 is 0 Å². The highest BCUT2D eigenvalue weighted by atomic mass is 19.1. The molecule has 8 nitrogen and oxygen atoms in total. The number of rotatable bonds is 8. The number of ketones is 1. The van der Waals surface area contributed by atoms with E-state index in [4.69, 9.17) is 9.47 Å². The van der Waals surface area contributed by atoms with Crippen molar-refractivity contribution in [1.29, 1.82) is 0 Å². The van der Waals surface area contributed by atoms with Crippen molar-refractivity contribution in [1.82, 2.24) is 19.7 Å². The number of ether oxygens (including phenoxy) is 2. The van der Waals surface area contributed by atoms with Crippen LogP contribution in [0, 0.1) is 5.82 Å². The van der Waals surface area contributed by atoms with Crippen LogP contribution >= 0.6 is 0 Å². The van der Waals surface area contributed by atoms with Gasteiger partial charge in [-0.1, -0.05) is 18.2 Å². The Labute approximate surface area is 208 Å². The third kappa shape index (κ3) is 5.06. The molecule has 1 fully saturated rings. The second-order valence-electron chi connectivity index (χ2n) is 8.95. The van der Waals surface area contributed by atoms with Crippen LogP contribution in [0.15, 0.2) is 54.9 Å². The Morgan fingerprint density at radius 2 is 2.06 bits per heavy atom. The van der Waals surface area contributed by atoms with E-state index in [1.165, 1.54) is 13.2 Å². The summed E-state index contributed by atoms with van der Waals surface area (Å²) in [5.41, 5.74) is 2.73. The van der Waals surface area contributed by atoms with Crippen LogP contribution in [0.5, 0.6) is 5.75 Å². The average Bonchev–Trinajstić information content (AvgIpc) is 3.32. The van der Waals surface area contributed by atoms with Crippen molar-refractivity contribution >= 4 is 22.6 Å². The first kappa shape index (κ1) is 23.9. The molecule has 9 heteroatoms. The maximum Gasteiger partial charge on any atom is 0.223 e. The monoisotopic (exact) mass is 489 g/mol. The smallest absolute Gasteiger partial charge is 0.223 e. The summed E-state index contributed by atoms with van der Waals surface area (Å²) in [6.07, 6.45) is 5.39. The largest absolute Gasteiger partial charge is 0.494 e. The number of nitrogens with one attached hydrogen (secondary N) is 1. The van der Waals surface area contributed by atoms with Gasteiger partial charge in [-0.15, -0.1) is 0 Å². The maximum atomic E-state index is 14.5. The molecule has 186 valence electrons. The van der Waals surface area contributed by atoms with E-state index in [1.54, 1.807) is 41.3 Å². The Morgan fingerprint density at radius 3 is 2.78 bits per heavy atom. The fourth-order valence-corrected chi connectivity index (χ4v) is 4.61. The molecule has 0 bridgehead atoms. The lowest BCUT2D eigenvalue weighted by molar-refractivity contribution is 0.0903. The standard InChI is InChI=1S/C27H28FN5O3/c1-33-24(7-10-30-33)21(17-5-6-26(35-2)22(28)13-17)15-25(34)18-3-4-19-16-29-27(32-23(19)14-18)31-20-8-11-36-12-9-20/h3-7,10,13-14,16,20-21H,8-9,11-12,15H2,1-2H3,(H,29,31,32)/t21-/m0/s1. The first-order chi connectivity index (χ1) is 17.5. The molecule has 1 atom stereocenters. The molecule has 1 saturated heterocycles. The third-order valence-electron chi connectivity index (χ3n) is 6.64. The molecule has 0 spiro atoms. The lowest BCUT2D eigenvalue weighted by Gasteiger charge is -2.23. The van der Waals surface area contributed by atoms with E-state index in [-0.39, 0.29) is 29.9 Å². The molecule has 1 aliphatic rings. The van der Waals surface area contributed by atoms with Gasteiger partial charge in [0.1, 0.15) is 0 Å². The van der Waals surface area contributed by atoms with Crippen molar-refractivity contribution in [2.75, 3.05) is 25.6 Å². The van der Waals surface area contributed by atoms with Gasteiger partial charge in [0.25, 0.3) is 0 Å². The summed E-state index contributed by atoms with van der Waals surface area (Å²) in [5.74, 6) is -0.218. The zero-order chi connectivity index (χ0) is 25.1. The number of nitrogens with zero attached hydrogens (tertiary/aromatic N) is 4. The summed E-state index contributed by atoms with van der Waals surface area (Å²) >= 11 is 0. The van der Waals surface area contributed by atoms with E-state index in [0.717, 1.165) is 37.1 Å². The van der Waals surface area contributed by atoms with Crippen LogP contribution in [0.25, 0.3) is 10.9 Å². The molecular weight excluding hydrogens is 461 g/mol. The van der Waals surface area contributed by atoms with Gasteiger partial charge in [-0.2, -0.15) is 5.10 Å². The number of aromatic nitrogens is 4. The number of aryl methyl sites for hydroxylation is 1. The first-order valence-corrected chi connectivity index (χ1v) is 12.0. The molecule has 1 aliphatic heterocycles. The summed E-state index contributed by atoms with van der Waals surface area (Å²) in [7, 11) is 3.24. The quantitative estimate of drug-likeness (QED) is 0.364. The molecule has 2 aromatic heterocycles. The van der Waals surface area contributed by atoms with Crippen LogP contribution in [0.1, 0.15) is 46.8 Å². The van der Waals surface area contributed by atoms with Crippen molar-refractivity contribution < 1.29 is 18.7 Å². The third-order valence-corrected chi connectivity index (χ3v) is 6.64. The molecule has 1 N–H and O–H groups in total. The van der Waals surface area contributed by atoms with Crippen LogP contribution in [-0.4, -0.2) is 51.9 Å². The number of hydrogen-bond donors (Lipinski definition) is 1. The van der Waals surface area contributed by atoms with Crippen LogP contribution in [-0.2, 0) is 11.8 Å². The van der Waals surface area contributed by atoms with Crippen LogP contribution < -0.4 is 10.1 Å². The predicted molar refractivity (Wildman–Crippen MR) is 134 cm³/mol. The number of Topliss-reactive ketones (excluding diaryl/α,β-unsaturated/α-hetero) is 1. The molecule has 0 saturated carbocycles. The Morgan fingerprint density at radius 1 is 1.22 bits per heavy atom. The summed E-state index contributed by atoms with van der Waals surface area (Å²) < 4.78 is 26.7. The topological polar surface area (TPSA) is 91.2 Å². The molecule has 4 aromatic rings. The molecule has 3 heterocycles. The van der Waals surface area contributed by atoms with Gasteiger partial charge in [-0.3, -0.25) is 9.48 Å². The normalized spacial score (nSPS) is 15.1. The highest BCUT2D eigenvalue weighted by Gasteiger charge is 2.23. The van der Waals surface area contributed by atoms with E-state index in [9.17, 15) is 9.18 Å². The van der Waals surface area contributed by atoms with E-state index in [0.29, 0.717) is 22.6 Å². The number of benzene rings is 2. The number of halogens is 1. The van der Waals surface area contributed by atoms with E-state index < -0.39 is 5.82 Å². The highest BCUT2D eigenvalue weighted by molar-refractivity contribution is 5.99. The molecule has 0 amide bonds. The van der Waals surface area contributed by atoms with Crippen LogP contribution in [0.3, 0.4) is 0 Å². The minimum absolute atomic E-state index is 0.0723. The van der Waals surface area contributed by atoms with Gasteiger partial charge in [-0.05, 0) is 42.7 Å². The number of methoxy groups -OCH3 is 1. The SMILES string of the molecule is COc1ccc([C@H](CC(=O)c2ccc3cnc(NC4CCOCC4)nc3c2)c2ccnn2C)cc1F. The van der Waals surface area contributed by atoms with E-state index in [1.807, 2.05) is 19.2 Å². The summed E-state index contributed by atoms with van der Waals surface area (Å²) in [5, 5.41) is 8.48. The second kappa shape index (κ2) is 10.4. The maximum absolute atomic E-state index is 14.5. The van der Waals surface area contributed by atoms with Gasteiger partial charge in [-0.25, -0.2) is 14.4 Å². The van der Waals surface area contributed by atoms with Crippen molar-refractivity contribution in [3.05, 3.63) is 77.5 Å². The van der Waals surface area contributed by atoms with Gasteiger partial charge < -0.3 is 14.8 Å². The summed E-state index contributed by atoms with van der Waals surface area (Å²) in [6.45, 7) is 1.44. The Hall–Kier alpha value is -3.85. The number of carbonyl (C=O) groups excluding carboxylic acids is 1. The minimum Gasteiger partial charge on any atom is -0.494 e. The summed E-state index contributed by atoms with van der Waals surface area (Å²) in [4.78, 5) is 22.5. The average molecular weight is 490 g/mol. The molecule has 2 aromatic carbocycles. The Kier molecular flexibility index (Phi) is 6.90. The second-order valence-corrected chi connectivity index (χ2v) is 8.95. The first-order valence-electron chi connectivity index (χ1n) is 12.0. The zero-order valence-corrected chi connectivity index (χ0v) is 20.3. The number of anilines is 1. The number of carbonyl (C=O) groups is 1. The summed E-state index contributed by atoms with van der Waals surface area (Å²) in [6, 6.07) is 12.3. The van der Waals surface area contributed by atoms with Crippen molar-refractivity contribution in [2.24, 2.45) is 7.05 Å². The fraction of sp³-hybridized carbons (Fsp3) is 0.333. The highest BCUT2D eigenvalue weighted by Crippen LogP contribution is 2.32. The van der Waals surface area contributed by atoms with E-state index in [2.05, 4.69) is 20.4 Å². The fourth-order valence-electron chi connectivity index (χ4n) is 4.61. The van der Waals surface area contributed by atoms with Gasteiger partial charge in [0.2, 0.25) is 5.95 Å². The number of hydrogen-bond acceptors (Lipinski definition) is 7. The predicted octanol–water partition coefficient (Wildman–Crippen LogP) is 4.51. The van der Waals surface area contributed by atoms with Crippen molar-refractivity contribution in [2.45, 2.75) is 31.2 Å². The van der Waals surface area contributed by atoms with Crippen LogP contribution in [0.4, 0.5) is 10.3 Å². The Bertz CT molecular complexity index is 1380. The molecule has 36 heavy (non-hydrogen) atoms. The van der Waals surface area contributed by atoms with Crippen LogP contribution in [0.2, 0.25) is 0 Å². The lowest BCUT2D eigenvalue weighted by atomic mass is 9.88. The van der Waals surface area contributed by atoms with E-state index >= 15 is 0 Å². The zero-order valence-electron chi connectivity index (χ0n) is 20.3. The van der Waals surface area contributed by atoms with Crippen molar-refractivity contribution in [3.8, 4) is 5.75 Å². The van der Waals surface area contributed by atoms with Gasteiger partial charge in [0, 0.05) is 67.7 Å². The molecule has 5 rings (SSSR count). The minimum atomic E-state index is -0.471.